The van der Waals surface area contributed by atoms with Gasteiger partial charge < -0.3 is 10.2 Å². The van der Waals surface area contributed by atoms with Crippen LogP contribution in [0.5, 0.6) is 0 Å². The number of nitrogens with zero attached hydrogens (tertiary/aromatic N) is 1. The predicted molar refractivity (Wildman–Crippen MR) is 64.7 cm³/mol. The lowest BCUT2D eigenvalue weighted by atomic mass is 9.91. The topological polar surface area (TPSA) is 15.3 Å². The van der Waals surface area contributed by atoms with Gasteiger partial charge in [0.2, 0.25) is 0 Å². The van der Waals surface area contributed by atoms with Crippen molar-refractivity contribution in [3.8, 4) is 0 Å². The zero-order valence-electron chi connectivity index (χ0n) is 10.6. The fourth-order valence-corrected chi connectivity index (χ4v) is 1.53. The second kappa shape index (κ2) is 8.25. The lowest BCUT2D eigenvalue weighted by molar-refractivity contribution is 0.270. The van der Waals surface area contributed by atoms with Gasteiger partial charge in [-0.2, -0.15) is 0 Å². The van der Waals surface area contributed by atoms with Crippen molar-refractivity contribution in [1.82, 2.24) is 10.2 Å². The number of hydrogen-bond donors (Lipinski definition) is 1. The summed E-state index contributed by atoms with van der Waals surface area (Å²) in [4.78, 5) is 2.41. The summed E-state index contributed by atoms with van der Waals surface area (Å²) in [7, 11) is 4.22. The van der Waals surface area contributed by atoms with Crippen LogP contribution in [0.25, 0.3) is 0 Å². The first-order chi connectivity index (χ1) is 6.61. The van der Waals surface area contributed by atoms with Crippen molar-refractivity contribution in [2.75, 3.05) is 33.7 Å². The van der Waals surface area contributed by atoms with E-state index < -0.39 is 0 Å². The monoisotopic (exact) mass is 200 g/mol. The summed E-state index contributed by atoms with van der Waals surface area (Å²) < 4.78 is 0. The van der Waals surface area contributed by atoms with Crippen LogP contribution < -0.4 is 5.32 Å². The molecule has 86 valence electrons. The smallest absolute Gasteiger partial charge is 0.0104 e. The van der Waals surface area contributed by atoms with E-state index in [1.165, 1.54) is 19.4 Å². The molecule has 0 radical (unpaired) electrons. The second-order valence-corrected chi connectivity index (χ2v) is 4.56. The van der Waals surface area contributed by atoms with Crippen LogP contribution in [-0.4, -0.2) is 38.6 Å². The van der Waals surface area contributed by atoms with Crippen LogP contribution in [0.1, 0.15) is 33.6 Å². The molecule has 0 aromatic rings. The summed E-state index contributed by atoms with van der Waals surface area (Å²) in [5.41, 5.74) is 0. The highest BCUT2D eigenvalue weighted by Gasteiger charge is 2.10. The Morgan fingerprint density at radius 3 is 2.29 bits per heavy atom. The van der Waals surface area contributed by atoms with Crippen molar-refractivity contribution in [2.24, 2.45) is 11.8 Å². The van der Waals surface area contributed by atoms with E-state index in [4.69, 9.17) is 0 Å². The SMILES string of the molecule is CCC(C)C(C)CCN(C)CCNC. The van der Waals surface area contributed by atoms with Crippen LogP contribution in [0.4, 0.5) is 0 Å². The first kappa shape index (κ1) is 13.9. The van der Waals surface area contributed by atoms with Crippen molar-refractivity contribution in [3.63, 3.8) is 0 Å². The number of hydrogen-bond acceptors (Lipinski definition) is 2. The van der Waals surface area contributed by atoms with Gasteiger partial charge in [0.1, 0.15) is 0 Å². The van der Waals surface area contributed by atoms with Crippen molar-refractivity contribution in [2.45, 2.75) is 33.6 Å². The molecule has 0 aromatic heterocycles. The molecular formula is C12H28N2. The number of rotatable bonds is 8. The Hall–Kier alpha value is -0.0800. The van der Waals surface area contributed by atoms with Gasteiger partial charge in [0.25, 0.3) is 0 Å². The average Bonchev–Trinajstić information content (AvgIpc) is 2.21. The molecule has 0 bridgehead atoms. The van der Waals surface area contributed by atoms with Crippen molar-refractivity contribution >= 4 is 0 Å². The predicted octanol–water partition coefficient (Wildman–Crippen LogP) is 2.21. The van der Waals surface area contributed by atoms with Crippen molar-refractivity contribution < 1.29 is 0 Å². The molecule has 0 heterocycles. The molecule has 0 saturated heterocycles. The van der Waals surface area contributed by atoms with E-state index in [9.17, 15) is 0 Å². The van der Waals surface area contributed by atoms with Gasteiger partial charge in [-0.05, 0) is 38.9 Å². The lowest BCUT2D eigenvalue weighted by Gasteiger charge is -2.22. The van der Waals surface area contributed by atoms with E-state index in [0.717, 1.165) is 24.9 Å². The average molecular weight is 200 g/mol. The van der Waals surface area contributed by atoms with Crippen molar-refractivity contribution in [1.29, 1.82) is 0 Å². The maximum atomic E-state index is 3.18. The summed E-state index contributed by atoms with van der Waals surface area (Å²) in [6, 6.07) is 0. The Balaban J connectivity index is 3.50. The number of likely N-dealkylation sites (N-methyl/N-ethyl adjacent to an activating group) is 2. The molecule has 0 rings (SSSR count). The van der Waals surface area contributed by atoms with Gasteiger partial charge in [0.05, 0.1) is 0 Å². The van der Waals surface area contributed by atoms with E-state index in [1.54, 1.807) is 0 Å². The summed E-state index contributed by atoms with van der Waals surface area (Å²) in [5, 5.41) is 3.18. The fraction of sp³-hybridized carbons (Fsp3) is 1.00. The minimum atomic E-state index is 0.858. The van der Waals surface area contributed by atoms with E-state index >= 15 is 0 Å². The minimum absolute atomic E-state index is 0.858. The van der Waals surface area contributed by atoms with Crippen LogP contribution in [-0.2, 0) is 0 Å². The molecule has 2 nitrogen and oxygen atoms in total. The molecule has 14 heavy (non-hydrogen) atoms. The van der Waals surface area contributed by atoms with Gasteiger partial charge in [0, 0.05) is 13.1 Å². The molecule has 0 aliphatic rings. The van der Waals surface area contributed by atoms with E-state index in [-0.39, 0.29) is 0 Å². The van der Waals surface area contributed by atoms with Crippen LogP contribution >= 0.6 is 0 Å². The second-order valence-electron chi connectivity index (χ2n) is 4.56. The molecule has 0 spiro atoms. The maximum absolute atomic E-state index is 3.18. The first-order valence-electron chi connectivity index (χ1n) is 5.94. The lowest BCUT2D eigenvalue weighted by Crippen LogP contribution is -2.29. The molecule has 0 aromatic carbocycles. The third-order valence-corrected chi connectivity index (χ3v) is 3.33. The Kier molecular flexibility index (Phi) is 8.20. The van der Waals surface area contributed by atoms with Gasteiger partial charge in [0.15, 0.2) is 0 Å². The summed E-state index contributed by atoms with van der Waals surface area (Å²) in [6.45, 7) is 10.5. The Morgan fingerprint density at radius 1 is 1.14 bits per heavy atom. The van der Waals surface area contributed by atoms with Crippen LogP contribution in [0.3, 0.4) is 0 Å². The molecule has 2 unspecified atom stereocenters. The minimum Gasteiger partial charge on any atom is -0.318 e. The molecule has 0 aliphatic carbocycles. The van der Waals surface area contributed by atoms with Crippen LogP contribution in [0, 0.1) is 11.8 Å². The highest BCUT2D eigenvalue weighted by molar-refractivity contribution is 4.63. The zero-order chi connectivity index (χ0) is 11.0. The van der Waals surface area contributed by atoms with Gasteiger partial charge >= 0.3 is 0 Å². The molecule has 0 fully saturated rings. The van der Waals surface area contributed by atoms with Crippen LogP contribution in [0.15, 0.2) is 0 Å². The summed E-state index contributed by atoms with van der Waals surface area (Å²) in [5.74, 6) is 1.73. The van der Waals surface area contributed by atoms with Crippen molar-refractivity contribution in [3.05, 3.63) is 0 Å². The summed E-state index contributed by atoms with van der Waals surface area (Å²) in [6.07, 6.45) is 2.64. The first-order valence-corrected chi connectivity index (χ1v) is 5.94. The molecular weight excluding hydrogens is 172 g/mol. The largest absolute Gasteiger partial charge is 0.318 e. The molecule has 0 saturated carbocycles. The van der Waals surface area contributed by atoms with E-state index in [1.807, 2.05) is 7.05 Å². The fourth-order valence-electron chi connectivity index (χ4n) is 1.53. The molecule has 0 amide bonds. The molecule has 2 heteroatoms. The molecule has 0 aliphatic heterocycles. The van der Waals surface area contributed by atoms with Gasteiger partial charge in [-0.15, -0.1) is 0 Å². The molecule has 1 N–H and O–H groups in total. The highest BCUT2D eigenvalue weighted by Crippen LogP contribution is 2.17. The van der Waals surface area contributed by atoms with Crippen LogP contribution in [0.2, 0.25) is 0 Å². The Labute approximate surface area is 90.1 Å². The highest BCUT2D eigenvalue weighted by atomic mass is 15.1. The summed E-state index contributed by atoms with van der Waals surface area (Å²) >= 11 is 0. The third kappa shape index (κ3) is 6.39. The van der Waals surface area contributed by atoms with Gasteiger partial charge in [-0.25, -0.2) is 0 Å². The zero-order valence-corrected chi connectivity index (χ0v) is 10.6. The molecule has 2 atom stereocenters. The van der Waals surface area contributed by atoms with E-state index in [0.29, 0.717) is 0 Å². The maximum Gasteiger partial charge on any atom is 0.0104 e. The van der Waals surface area contributed by atoms with Gasteiger partial charge in [-0.1, -0.05) is 27.2 Å². The Bertz CT molecular complexity index is 125. The third-order valence-electron chi connectivity index (χ3n) is 3.33. The Morgan fingerprint density at radius 2 is 1.79 bits per heavy atom. The van der Waals surface area contributed by atoms with Gasteiger partial charge in [-0.3, -0.25) is 0 Å². The normalized spacial score (nSPS) is 15.9. The quantitative estimate of drug-likeness (QED) is 0.646. The number of nitrogens with one attached hydrogen (secondary N) is 1. The standard InChI is InChI=1S/C12H28N2/c1-6-11(2)12(3)7-9-14(5)10-8-13-4/h11-13H,6-10H2,1-5H3. The van der Waals surface area contributed by atoms with E-state index in [2.05, 4.69) is 38.0 Å².